The molecule has 0 radical (unpaired) electrons. The van der Waals surface area contributed by atoms with Crippen LogP contribution in [0.4, 0.5) is 5.69 Å². The summed E-state index contributed by atoms with van der Waals surface area (Å²) in [6, 6.07) is 6.34. The van der Waals surface area contributed by atoms with Gasteiger partial charge in [-0.3, -0.25) is 14.6 Å². The molecule has 22 heavy (non-hydrogen) atoms. The van der Waals surface area contributed by atoms with Gasteiger partial charge in [-0.15, -0.1) is 6.58 Å². The van der Waals surface area contributed by atoms with Crippen molar-refractivity contribution in [3.63, 3.8) is 0 Å². The Kier molecular flexibility index (Phi) is 3.53. The summed E-state index contributed by atoms with van der Waals surface area (Å²) in [5, 5.41) is 0. The lowest BCUT2D eigenvalue weighted by Crippen LogP contribution is -2.55. The molecule has 1 aromatic rings. The summed E-state index contributed by atoms with van der Waals surface area (Å²) in [6.45, 7) is 11.2. The quantitative estimate of drug-likeness (QED) is 0.744. The van der Waals surface area contributed by atoms with Gasteiger partial charge in [0.25, 0.3) is 0 Å². The molecule has 2 atom stereocenters. The van der Waals surface area contributed by atoms with Crippen molar-refractivity contribution < 1.29 is 4.79 Å². The summed E-state index contributed by atoms with van der Waals surface area (Å²) in [4.78, 5) is 16.7. The SMILES string of the molecule is C=CC(C)(C)[C@@]12CCN(C)[C@@H]1N(C(C)=O)c1cc(Br)ccc12. The summed E-state index contributed by atoms with van der Waals surface area (Å²) >= 11 is 3.55. The maximum atomic E-state index is 12.4. The Bertz CT molecular complexity index is 654. The van der Waals surface area contributed by atoms with E-state index in [1.165, 1.54) is 5.56 Å². The second kappa shape index (κ2) is 4.93. The molecule has 118 valence electrons. The van der Waals surface area contributed by atoms with Crippen LogP contribution in [-0.2, 0) is 10.2 Å². The number of likely N-dealkylation sites (tertiary alicyclic amines) is 1. The smallest absolute Gasteiger partial charge is 0.225 e. The zero-order valence-electron chi connectivity index (χ0n) is 13.7. The fraction of sp³-hybridized carbons (Fsp3) is 0.500. The van der Waals surface area contributed by atoms with Gasteiger partial charge in [-0.1, -0.05) is 41.9 Å². The Morgan fingerprint density at radius 2 is 2.18 bits per heavy atom. The highest BCUT2D eigenvalue weighted by molar-refractivity contribution is 9.10. The van der Waals surface area contributed by atoms with Gasteiger partial charge in [0.15, 0.2) is 0 Å². The van der Waals surface area contributed by atoms with E-state index in [9.17, 15) is 4.79 Å². The molecule has 2 heterocycles. The van der Waals surface area contributed by atoms with Crippen molar-refractivity contribution in [1.82, 2.24) is 4.90 Å². The number of anilines is 1. The number of hydrogen-bond donors (Lipinski definition) is 0. The zero-order chi connectivity index (χ0) is 16.3. The van der Waals surface area contributed by atoms with Crippen molar-refractivity contribution in [2.24, 2.45) is 5.41 Å². The van der Waals surface area contributed by atoms with Gasteiger partial charge in [0.05, 0.1) is 5.69 Å². The third-order valence-corrected chi connectivity index (χ3v) is 6.15. The van der Waals surface area contributed by atoms with Crippen molar-refractivity contribution in [2.75, 3.05) is 18.5 Å². The van der Waals surface area contributed by atoms with Crippen LogP contribution in [0.1, 0.15) is 32.8 Å². The standard InChI is InChI=1S/C18H23BrN2O/c1-6-17(3,4)18-9-10-20(5)16(18)21(12(2)22)15-11-13(19)7-8-14(15)18/h6-8,11,16H,1,9-10H2,2-5H3/t16-,18-/m1/s1. The molecule has 0 spiro atoms. The van der Waals surface area contributed by atoms with Crippen LogP contribution in [0, 0.1) is 5.41 Å². The Morgan fingerprint density at radius 1 is 1.50 bits per heavy atom. The van der Waals surface area contributed by atoms with E-state index >= 15 is 0 Å². The van der Waals surface area contributed by atoms with E-state index in [-0.39, 0.29) is 22.9 Å². The van der Waals surface area contributed by atoms with Crippen LogP contribution in [0.5, 0.6) is 0 Å². The van der Waals surface area contributed by atoms with Crippen LogP contribution < -0.4 is 4.90 Å². The monoisotopic (exact) mass is 362 g/mol. The third kappa shape index (κ3) is 1.80. The van der Waals surface area contributed by atoms with E-state index in [1.807, 2.05) is 4.90 Å². The summed E-state index contributed by atoms with van der Waals surface area (Å²) in [5.74, 6) is 0.0971. The van der Waals surface area contributed by atoms with Crippen molar-refractivity contribution in [3.05, 3.63) is 40.9 Å². The molecule has 0 unspecified atom stereocenters. The Labute approximate surface area is 141 Å². The summed E-state index contributed by atoms with van der Waals surface area (Å²) in [5.41, 5.74) is 2.10. The van der Waals surface area contributed by atoms with Gasteiger partial charge in [0.1, 0.15) is 6.17 Å². The molecule has 4 heteroatoms. The van der Waals surface area contributed by atoms with Crippen LogP contribution in [0.15, 0.2) is 35.3 Å². The van der Waals surface area contributed by atoms with Crippen LogP contribution in [-0.4, -0.2) is 30.6 Å². The average molecular weight is 363 g/mol. The lowest BCUT2D eigenvalue weighted by molar-refractivity contribution is -0.117. The molecule has 2 aliphatic heterocycles. The normalized spacial score (nSPS) is 27.7. The minimum atomic E-state index is -0.106. The maximum absolute atomic E-state index is 12.4. The predicted octanol–water partition coefficient (Wildman–Crippen LogP) is 3.93. The number of carbonyl (C=O) groups excluding carboxylic acids is 1. The van der Waals surface area contributed by atoms with Gasteiger partial charge in [0, 0.05) is 23.4 Å². The first-order valence-corrected chi connectivity index (χ1v) is 8.49. The Balaban J connectivity index is 2.33. The molecule has 3 rings (SSSR count). The highest BCUT2D eigenvalue weighted by Crippen LogP contribution is 2.60. The number of amides is 1. The molecule has 2 aliphatic rings. The molecule has 0 N–H and O–H groups in total. The molecule has 3 nitrogen and oxygen atoms in total. The van der Waals surface area contributed by atoms with E-state index in [0.29, 0.717) is 0 Å². The van der Waals surface area contributed by atoms with E-state index in [1.54, 1.807) is 6.92 Å². The molecule has 0 bridgehead atoms. The maximum Gasteiger partial charge on any atom is 0.225 e. The molecule has 0 saturated carbocycles. The molecule has 1 saturated heterocycles. The Hall–Kier alpha value is -1.13. The number of carbonyl (C=O) groups is 1. The van der Waals surface area contributed by atoms with Gasteiger partial charge < -0.3 is 0 Å². The minimum Gasteiger partial charge on any atom is -0.295 e. The summed E-state index contributed by atoms with van der Waals surface area (Å²) < 4.78 is 1.01. The fourth-order valence-electron chi connectivity index (χ4n) is 4.41. The van der Waals surface area contributed by atoms with E-state index < -0.39 is 0 Å². The highest BCUT2D eigenvalue weighted by atomic mass is 79.9. The second-order valence-electron chi connectivity index (χ2n) is 7.05. The third-order valence-electron chi connectivity index (χ3n) is 5.66. The predicted molar refractivity (Wildman–Crippen MR) is 94.0 cm³/mol. The number of likely N-dealkylation sites (N-methyl/N-ethyl adjacent to an activating group) is 1. The molecule has 1 amide bonds. The van der Waals surface area contributed by atoms with E-state index in [2.05, 4.69) is 72.6 Å². The largest absolute Gasteiger partial charge is 0.295 e. The topological polar surface area (TPSA) is 23.6 Å². The van der Waals surface area contributed by atoms with Crippen LogP contribution >= 0.6 is 15.9 Å². The first-order chi connectivity index (χ1) is 10.3. The number of allylic oxidation sites excluding steroid dienone is 1. The first-order valence-electron chi connectivity index (χ1n) is 7.70. The number of rotatable bonds is 2. The van der Waals surface area contributed by atoms with Gasteiger partial charge in [-0.05, 0) is 36.6 Å². The van der Waals surface area contributed by atoms with Gasteiger partial charge in [-0.2, -0.15) is 0 Å². The minimum absolute atomic E-state index is 0.0577. The molecule has 0 aromatic heterocycles. The highest BCUT2D eigenvalue weighted by Gasteiger charge is 2.62. The van der Waals surface area contributed by atoms with Crippen LogP contribution in [0.2, 0.25) is 0 Å². The van der Waals surface area contributed by atoms with Crippen molar-refractivity contribution in [2.45, 2.75) is 38.8 Å². The van der Waals surface area contributed by atoms with Crippen molar-refractivity contribution in [3.8, 4) is 0 Å². The zero-order valence-corrected chi connectivity index (χ0v) is 15.3. The molecule has 1 fully saturated rings. The summed E-state index contributed by atoms with van der Waals surface area (Å²) in [7, 11) is 2.11. The van der Waals surface area contributed by atoms with Crippen LogP contribution in [0.3, 0.4) is 0 Å². The number of fused-ring (bicyclic) bond motifs is 3. The number of nitrogens with zero attached hydrogens (tertiary/aromatic N) is 2. The molecular weight excluding hydrogens is 340 g/mol. The van der Waals surface area contributed by atoms with E-state index in [4.69, 9.17) is 0 Å². The number of halogens is 1. The lowest BCUT2D eigenvalue weighted by atomic mass is 9.60. The van der Waals surface area contributed by atoms with Gasteiger partial charge in [-0.25, -0.2) is 0 Å². The molecule has 1 aromatic carbocycles. The summed E-state index contributed by atoms with van der Waals surface area (Å²) in [6.07, 6.45) is 3.14. The average Bonchev–Trinajstić information content (AvgIpc) is 2.93. The van der Waals surface area contributed by atoms with E-state index in [0.717, 1.165) is 23.1 Å². The molecular formula is C18H23BrN2O. The lowest BCUT2D eigenvalue weighted by Gasteiger charge is -2.45. The van der Waals surface area contributed by atoms with Crippen molar-refractivity contribution >= 4 is 27.5 Å². The van der Waals surface area contributed by atoms with Gasteiger partial charge in [0.2, 0.25) is 5.91 Å². The van der Waals surface area contributed by atoms with Crippen LogP contribution in [0.25, 0.3) is 0 Å². The first kappa shape index (κ1) is 15.8. The molecule has 0 aliphatic carbocycles. The number of benzene rings is 1. The van der Waals surface area contributed by atoms with Crippen molar-refractivity contribution in [1.29, 1.82) is 0 Å². The Morgan fingerprint density at radius 3 is 2.77 bits per heavy atom. The fourth-order valence-corrected chi connectivity index (χ4v) is 4.76. The van der Waals surface area contributed by atoms with Gasteiger partial charge >= 0.3 is 0 Å². The second-order valence-corrected chi connectivity index (χ2v) is 7.97. The number of hydrogen-bond acceptors (Lipinski definition) is 2.